The lowest BCUT2D eigenvalue weighted by Crippen LogP contribution is -2.22. The van der Waals surface area contributed by atoms with E-state index < -0.39 is 0 Å². The van der Waals surface area contributed by atoms with Gasteiger partial charge in [-0.15, -0.1) is 11.8 Å². The number of aromatic nitrogens is 3. The zero-order valence-corrected chi connectivity index (χ0v) is 15.0. The van der Waals surface area contributed by atoms with Gasteiger partial charge in [0, 0.05) is 17.5 Å². The number of pyridine rings is 1. The van der Waals surface area contributed by atoms with Crippen LogP contribution in [0.15, 0.2) is 64.5 Å². The van der Waals surface area contributed by atoms with Gasteiger partial charge in [0.1, 0.15) is 5.02 Å². The van der Waals surface area contributed by atoms with Crippen LogP contribution >= 0.6 is 23.4 Å². The molecule has 3 aromatic rings. The van der Waals surface area contributed by atoms with Crippen molar-refractivity contribution in [1.29, 1.82) is 0 Å². The molecule has 6 heteroatoms. The van der Waals surface area contributed by atoms with E-state index in [1.807, 2.05) is 18.2 Å². The van der Waals surface area contributed by atoms with Crippen molar-refractivity contribution in [3.05, 3.63) is 75.8 Å². The van der Waals surface area contributed by atoms with E-state index in [0.717, 1.165) is 40.3 Å². The van der Waals surface area contributed by atoms with Gasteiger partial charge in [-0.1, -0.05) is 41.9 Å². The Kier molecular flexibility index (Phi) is 4.59. The second-order valence-electron chi connectivity index (χ2n) is 6.00. The molecule has 1 aliphatic rings. The highest BCUT2D eigenvalue weighted by atomic mass is 35.5. The van der Waals surface area contributed by atoms with Gasteiger partial charge in [-0.25, -0.2) is 4.68 Å². The van der Waals surface area contributed by atoms with Crippen LogP contribution in [0.2, 0.25) is 5.02 Å². The van der Waals surface area contributed by atoms with Gasteiger partial charge < -0.3 is 0 Å². The van der Waals surface area contributed by atoms with Crippen LogP contribution in [0.1, 0.15) is 24.4 Å². The number of hydrogen-bond donors (Lipinski definition) is 0. The Hall–Kier alpha value is -2.11. The number of thioether (sulfide) groups is 1. The van der Waals surface area contributed by atoms with E-state index in [0.29, 0.717) is 0 Å². The van der Waals surface area contributed by atoms with Crippen molar-refractivity contribution in [1.82, 2.24) is 14.8 Å². The second-order valence-corrected chi connectivity index (χ2v) is 7.40. The highest BCUT2D eigenvalue weighted by molar-refractivity contribution is 7.98. The van der Waals surface area contributed by atoms with Crippen molar-refractivity contribution < 1.29 is 0 Å². The summed E-state index contributed by atoms with van der Waals surface area (Å²) in [6, 6.07) is 14.4. The number of nitrogens with zero attached hydrogens (tertiary/aromatic N) is 3. The Morgan fingerprint density at radius 1 is 1.16 bits per heavy atom. The summed E-state index contributed by atoms with van der Waals surface area (Å²) in [6.07, 6.45) is 5.52. The summed E-state index contributed by atoms with van der Waals surface area (Å²) < 4.78 is 1.51. The molecule has 0 radical (unpaired) electrons. The van der Waals surface area contributed by atoms with Crippen molar-refractivity contribution in [2.75, 3.05) is 0 Å². The first-order valence-corrected chi connectivity index (χ1v) is 9.49. The van der Waals surface area contributed by atoms with Gasteiger partial charge in [0.2, 0.25) is 0 Å². The maximum absolute atomic E-state index is 12.2. The fourth-order valence-electron chi connectivity index (χ4n) is 2.58. The molecule has 2 heterocycles. The van der Waals surface area contributed by atoms with Crippen LogP contribution in [0.4, 0.5) is 0 Å². The van der Waals surface area contributed by atoms with Crippen LogP contribution in [0.5, 0.6) is 0 Å². The fraction of sp³-hybridized carbons (Fsp3) is 0.211. The standard InChI is InChI=1S/C19H16ClN3OS/c20-18-17(11-22-23(19(18)24)15-8-9-15)25-12-13-4-6-14(7-5-13)16-3-1-2-10-21-16/h1-7,10-11,15H,8-9,12H2. The van der Waals surface area contributed by atoms with Crippen molar-refractivity contribution in [2.45, 2.75) is 29.5 Å². The Bertz CT molecular complexity index is 937. The molecule has 126 valence electrons. The third kappa shape index (κ3) is 3.62. The van der Waals surface area contributed by atoms with E-state index in [1.165, 1.54) is 16.4 Å². The van der Waals surface area contributed by atoms with Crippen molar-refractivity contribution in [3.8, 4) is 11.3 Å². The molecule has 0 spiro atoms. The van der Waals surface area contributed by atoms with Crippen molar-refractivity contribution in [2.24, 2.45) is 0 Å². The van der Waals surface area contributed by atoms with Gasteiger partial charge in [-0.05, 0) is 30.5 Å². The molecule has 2 aromatic heterocycles. The van der Waals surface area contributed by atoms with Crippen LogP contribution in [0.25, 0.3) is 11.3 Å². The number of benzene rings is 1. The minimum atomic E-state index is -0.181. The smallest absolute Gasteiger partial charge is 0.266 e. The van der Waals surface area contributed by atoms with Crippen LogP contribution < -0.4 is 5.56 Å². The van der Waals surface area contributed by atoms with Crippen molar-refractivity contribution >= 4 is 23.4 Å². The molecule has 4 rings (SSSR count). The van der Waals surface area contributed by atoms with Crippen LogP contribution in [-0.2, 0) is 5.75 Å². The molecular formula is C19H16ClN3OS. The molecule has 0 atom stereocenters. The highest BCUT2D eigenvalue weighted by Gasteiger charge is 2.27. The molecule has 1 saturated carbocycles. The van der Waals surface area contributed by atoms with Gasteiger partial charge in [-0.3, -0.25) is 9.78 Å². The fourth-order valence-corrected chi connectivity index (χ4v) is 3.73. The molecular weight excluding hydrogens is 354 g/mol. The van der Waals surface area contributed by atoms with Gasteiger partial charge >= 0.3 is 0 Å². The lowest BCUT2D eigenvalue weighted by Gasteiger charge is -2.07. The third-order valence-electron chi connectivity index (χ3n) is 4.11. The zero-order valence-electron chi connectivity index (χ0n) is 13.4. The minimum Gasteiger partial charge on any atom is -0.266 e. The number of rotatable bonds is 5. The molecule has 4 nitrogen and oxygen atoms in total. The molecule has 0 amide bonds. The summed E-state index contributed by atoms with van der Waals surface area (Å²) in [5, 5.41) is 4.53. The SMILES string of the molecule is O=c1c(Cl)c(SCc2ccc(-c3ccccn3)cc2)cnn1C1CC1. The van der Waals surface area contributed by atoms with E-state index in [1.54, 1.807) is 12.4 Å². The van der Waals surface area contributed by atoms with Gasteiger partial charge in [0.25, 0.3) is 5.56 Å². The minimum absolute atomic E-state index is 0.181. The molecule has 0 aliphatic heterocycles. The summed E-state index contributed by atoms with van der Waals surface area (Å²) in [7, 11) is 0. The highest BCUT2D eigenvalue weighted by Crippen LogP contribution is 2.34. The van der Waals surface area contributed by atoms with E-state index in [9.17, 15) is 4.79 Å². The Labute approximate surface area is 154 Å². The topological polar surface area (TPSA) is 47.8 Å². The summed E-state index contributed by atoms with van der Waals surface area (Å²) in [6.45, 7) is 0. The van der Waals surface area contributed by atoms with Crippen LogP contribution in [-0.4, -0.2) is 14.8 Å². The molecule has 1 aromatic carbocycles. The molecule has 25 heavy (non-hydrogen) atoms. The third-order valence-corrected chi connectivity index (χ3v) is 5.69. The predicted octanol–water partition coefficient (Wildman–Crippen LogP) is 4.59. The summed E-state index contributed by atoms with van der Waals surface area (Å²) in [4.78, 5) is 17.3. The lowest BCUT2D eigenvalue weighted by molar-refractivity contribution is 0.592. The van der Waals surface area contributed by atoms with Gasteiger partial charge in [0.05, 0.1) is 22.8 Å². The van der Waals surface area contributed by atoms with Crippen LogP contribution in [0.3, 0.4) is 0 Å². The quantitative estimate of drug-likeness (QED) is 0.617. The molecule has 0 bridgehead atoms. The van der Waals surface area contributed by atoms with Crippen LogP contribution in [0, 0.1) is 0 Å². The second kappa shape index (κ2) is 7.02. The zero-order chi connectivity index (χ0) is 17.2. The first-order valence-electron chi connectivity index (χ1n) is 8.13. The molecule has 0 N–H and O–H groups in total. The molecule has 1 fully saturated rings. The van der Waals surface area contributed by atoms with E-state index in [-0.39, 0.29) is 16.6 Å². The van der Waals surface area contributed by atoms with Gasteiger partial charge in [0.15, 0.2) is 0 Å². The summed E-state index contributed by atoms with van der Waals surface area (Å²) in [5.41, 5.74) is 3.02. The normalized spacial score (nSPS) is 13.8. The number of halogens is 1. The molecule has 1 aliphatic carbocycles. The molecule has 0 unspecified atom stereocenters. The maximum atomic E-state index is 12.2. The Morgan fingerprint density at radius 3 is 2.64 bits per heavy atom. The van der Waals surface area contributed by atoms with E-state index in [2.05, 4.69) is 34.3 Å². The average Bonchev–Trinajstić information content (AvgIpc) is 3.49. The predicted molar refractivity (Wildman–Crippen MR) is 101 cm³/mol. The summed E-state index contributed by atoms with van der Waals surface area (Å²) in [5.74, 6) is 0.733. The maximum Gasteiger partial charge on any atom is 0.286 e. The molecule has 0 saturated heterocycles. The lowest BCUT2D eigenvalue weighted by atomic mass is 10.1. The van der Waals surface area contributed by atoms with E-state index >= 15 is 0 Å². The number of hydrogen-bond acceptors (Lipinski definition) is 4. The van der Waals surface area contributed by atoms with Gasteiger partial charge in [-0.2, -0.15) is 5.10 Å². The summed E-state index contributed by atoms with van der Waals surface area (Å²) >= 11 is 7.77. The Balaban J connectivity index is 1.46. The average molecular weight is 370 g/mol. The monoisotopic (exact) mass is 369 g/mol. The first kappa shape index (κ1) is 16.4. The Morgan fingerprint density at radius 2 is 1.96 bits per heavy atom. The van der Waals surface area contributed by atoms with E-state index in [4.69, 9.17) is 11.6 Å². The van der Waals surface area contributed by atoms with Crippen molar-refractivity contribution in [3.63, 3.8) is 0 Å². The largest absolute Gasteiger partial charge is 0.286 e. The first-order chi connectivity index (χ1) is 12.2.